The molecule has 0 fully saturated rings. The van der Waals surface area contributed by atoms with Crippen molar-refractivity contribution in [1.82, 2.24) is 19.9 Å². The van der Waals surface area contributed by atoms with Crippen molar-refractivity contribution in [3.8, 4) is 90.5 Å². The van der Waals surface area contributed by atoms with Crippen molar-refractivity contribution in [1.29, 1.82) is 0 Å². The van der Waals surface area contributed by atoms with Gasteiger partial charge in [0, 0.05) is 44.3 Å². The van der Waals surface area contributed by atoms with E-state index in [0.717, 1.165) is 44.5 Å². The molecule has 0 saturated heterocycles. The van der Waals surface area contributed by atoms with E-state index in [1.54, 1.807) is 0 Å². The summed E-state index contributed by atoms with van der Waals surface area (Å²) in [6, 6.07) is 114. The van der Waals surface area contributed by atoms with E-state index in [0.29, 0.717) is 135 Å². The molecule has 0 saturated carbocycles. The monoisotopic (exact) mass is 1460 g/mol. The highest BCUT2D eigenvalue weighted by atomic mass is 16.5. The molecular weight excluding hydrogens is 1390 g/mol. The van der Waals surface area contributed by atoms with Crippen LogP contribution in [-0.2, 0) is 52.9 Å². The van der Waals surface area contributed by atoms with Crippen molar-refractivity contribution in [3.63, 3.8) is 0 Å². The summed E-state index contributed by atoms with van der Waals surface area (Å²) in [5.41, 5.74) is 18.5. The second-order valence-corrected chi connectivity index (χ2v) is 27.2. The molecule has 5 heterocycles. The van der Waals surface area contributed by atoms with E-state index in [2.05, 4.69) is 156 Å². The minimum Gasteiger partial charge on any atom is -0.488 e. The van der Waals surface area contributed by atoms with E-state index in [1.165, 1.54) is 0 Å². The lowest BCUT2D eigenvalue weighted by Crippen LogP contribution is -2.03. The summed E-state index contributed by atoms with van der Waals surface area (Å²) in [4.78, 5) is 20.0. The number of H-pyrrole nitrogens is 2. The molecule has 12 aromatic carbocycles. The predicted octanol–water partition coefficient (Wildman–Crippen LogP) is 24.0. The first-order valence-electron chi connectivity index (χ1n) is 37.6. The molecule has 12 nitrogen and oxygen atoms in total. The van der Waals surface area contributed by atoms with Gasteiger partial charge in [-0.2, -0.15) is 0 Å². The van der Waals surface area contributed by atoms with Gasteiger partial charge >= 0.3 is 0 Å². The van der Waals surface area contributed by atoms with Crippen molar-refractivity contribution in [2.45, 2.75) is 52.9 Å². The molecule has 3 aromatic heterocycles. The zero-order chi connectivity index (χ0) is 75.0. The number of hydrogen-bond donors (Lipinski definition) is 2. The highest BCUT2D eigenvalue weighted by molar-refractivity contribution is 6.04. The van der Waals surface area contributed by atoms with Crippen LogP contribution in [0.1, 0.15) is 67.3 Å². The number of nitrogens with one attached hydrogen (secondary N) is 2. The fraction of sp³-hybridized carbons (Fsp3) is 0.0800. The maximum absolute atomic E-state index is 7.13. The van der Waals surface area contributed by atoms with Crippen LogP contribution in [0.15, 0.2) is 340 Å². The second kappa shape index (κ2) is 33.8. The Morgan fingerprint density at radius 1 is 0.161 bits per heavy atom. The van der Waals surface area contributed by atoms with Crippen molar-refractivity contribution in [3.05, 3.63) is 407 Å². The first-order valence-corrected chi connectivity index (χ1v) is 37.6. The maximum atomic E-state index is 7.13. The maximum Gasteiger partial charge on any atom is 0.131 e. The van der Waals surface area contributed by atoms with E-state index >= 15 is 0 Å². The molecule has 112 heavy (non-hydrogen) atoms. The minimum absolute atomic E-state index is 0.259. The molecular formula is C100H78N4O8. The van der Waals surface area contributed by atoms with Crippen molar-refractivity contribution in [2.75, 3.05) is 0 Å². The molecule has 2 N–H and O–H groups in total. The van der Waals surface area contributed by atoms with Gasteiger partial charge in [-0.1, -0.05) is 267 Å². The topological polar surface area (TPSA) is 131 Å². The van der Waals surface area contributed by atoms with E-state index in [-0.39, 0.29) is 52.9 Å². The largest absolute Gasteiger partial charge is 0.488 e. The quantitative estimate of drug-likeness (QED) is 0.0489. The van der Waals surface area contributed by atoms with Gasteiger partial charge in [0.15, 0.2) is 0 Å². The summed E-state index contributed by atoms with van der Waals surface area (Å²) in [6.45, 7) is 2.07. The predicted molar refractivity (Wildman–Crippen MR) is 447 cm³/mol. The number of hydrogen-bond acceptors (Lipinski definition) is 10. The Morgan fingerprint density at radius 3 is 0.464 bits per heavy atom. The molecule has 0 aliphatic carbocycles. The molecule has 2 aliphatic rings. The third kappa shape index (κ3) is 16.2. The lowest BCUT2D eigenvalue weighted by Gasteiger charge is -2.19. The standard InChI is InChI=1S/C100H78N4O8/c1-9-29-69(30-10-1)61-105-85-45-25-46-86(106-62-70-31-11-2-12-32-70)97(85)93-77-53-55-79(101-77)94(98-87(107-63-71-33-13-3-14-34-71)47-26-48-88(98)108-64-72-35-15-4-16-36-72)81-57-59-83(103-81)96(100-91(111-67-75-41-21-7-22-42-75)51-28-52-92(100)112-68-76-43-23-8-24-44-76)84-60-58-82(104-84)95(80-56-54-78(93)102-80)99-89(109-65-73-37-17-5-18-38-73)49-27-50-90(99)110-66-74-39-19-6-20-40-74/h1-60,101,104H,61-68H2. The summed E-state index contributed by atoms with van der Waals surface area (Å²) in [7, 11) is 0. The van der Waals surface area contributed by atoms with Crippen LogP contribution in [0, 0.1) is 0 Å². The van der Waals surface area contributed by atoms with Gasteiger partial charge < -0.3 is 47.9 Å². The Labute approximate surface area is 650 Å². The first-order chi connectivity index (χ1) is 55.5. The smallest absolute Gasteiger partial charge is 0.131 e. The number of benzene rings is 12. The van der Waals surface area contributed by atoms with E-state index in [1.807, 2.05) is 218 Å². The zero-order valence-corrected chi connectivity index (χ0v) is 61.5. The normalized spacial score (nSPS) is 11.4. The minimum atomic E-state index is 0.259. The van der Waals surface area contributed by atoms with Crippen LogP contribution < -0.4 is 37.9 Å². The molecule has 2 aliphatic heterocycles. The molecule has 0 radical (unpaired) electrons. The van der Waals surface area contributed by atoms with Gasteiger partial charge in [0.2, 0.25) is 0 Å². The molecule has 8 bridgehead atoms. The van der Waals surface area contributed by atoms with Crippen LogP contribution in [0.25, 0.3) is 90.9 Å². The number of ether oxygens (including phenoxy) is 8. The number of aromatic amines is 2. The Balaban J connectivity index is 1.00. The molecule has 0 spiro atoms. The highest BCUT2D eigenvalue weighted by Crippen LogP contribution is 2.51. The van der Waals surface area contributed by atoms with Gasteiger partial charge in [-0.05, 0) is 142 Å². The lowest BCUT2D eigenvalue weighted by atomic mass is 10.0. The fourth-order valence-electron chi connectivity index (χ4n) is 14.1. The molecule has 0 atom stereocenters. The summed E-state index contributed by atoms with van der Waals surface area (Å²) in [5, 5.41) is 0. The second-order valence-electron chi connectivity index (χ2n) is 27.2. The molecule has 17 rings (SSSR count). The van der Waals surface area contributed by atoms with Crippen LogP contribution >= 0.6 is 0 Å². The molecule has 0 amide bonds. The van der Waals surface area contributed by atoms with E-state index in [9.17, 15) is 0 Å². The SMILES string of the molecule is C1=Cc2nc1c(-c1c(OCc3ccccc3)cccc1OCc1ccccc1)c1ccc([nH]1)c(-c1c(OCc3ccccc3)cccc1OCc1ccccc1)c1nc(c(-c3c(OCc4ccccc4)cccc3OCc3ccccc3)c3ccc([nH]3)c2-c2c(OCc3ccccc3)cccc2OCc2ccccc2)C=C1. The molecule has 546 valence electrons. The summed E-state index contributed by atoms with van der Waals surface area (Å²) < 4.78 is 57.0. The van der Waals surface area contributed by atoms with Crippen LogP contribution in [0.2, 0.25) is 0 Å². The highest BCUT2D eigenvalue weighted by Gasteiger charge is 2.29. The van der Waals surface area contributed by atoms with Crippen LogP contribution in [-0.4, -0.2) is 19.9 Å². The summed E-state index contributed by atoms with van der Waals surface area (Å²) in [6.07, 6.45) is 8.30. The van der Waals surface area contributed by atoms with Gasteiger partial charge in [-0.15, -0.1) is 0 Å². The average Bonchev–Trinajstić information content (AvgIpc) is 1.59. The zero-order valence-electron chi connectivity index (χ0n) is 61.5. The van der Waals surface area contributed by atoms with Crippen LogP contribution in [0.5, 0.6) is 46.0 Å². The Kier molecular flexibility index (Phi) is 21.3. The third-order valence-electron chi connectivity index (χ3n) is 19.6. The number of fused-ring (bicyclic) bond motifs is 8. The lowest BCUT2D eigenvalue weighted by molar-refractivity contribution is 0.292. The third-order valence-corrected chi connectivity index (χ3v) is 19.6. The van der Waals surface area contributed by atoms with Gasteiger partial charge in [0.25, 0.3) is 0 Å². The number of aromatic nitrogens is 4. The molecule has 15 aromatic rings. The Morgan fingerprint density at radius 2 is 0.312 bits per heavy atom. The van der Waals surface area contributed by atoms with E-state index < -0.39 is 0 Å². The van der Waals surface area contributed by atoms with E-state index in [4.69, 9.17) is 47.9 Å². The first kappa shape index (κ1) is 70.6. The van der Waals surface area contributed by atoms with Gasteiger partial charge in [-0.25, -0.2) is 9.97 Å². The number of rotatable bonds is 28. The van der Waals surface area contributed by atoms with Crippen molar-refractivity contribution in [2.24, 2.45) is 0 Å². The summed E-state index contributed by atoms with van der Waals surface area (Å²) >= 11 is 0. The molecule has 12 heteroatoms. The van der Waals surface area contributed by atoms with Crippen molar-refractivity contribution < 1.29 is 37.9 Å². The molecule has 0 unspecified atom stereocenters. The Bertz CT molecular complexity index is 5020. The Hall–Kier alpha value is -14.4. The van der Waals surface area contributed by atoms with Crippen molar-refractivity contribution >= 4 is 46.4 Å². The van der Waals surface area contributed by atoms with Gasteiger partial charge in [0.1, 0.15) is 98.9 Å². The number of nitrogens with zero attached hydrogens (tertiary/aromatic N) is 2. The average molecular weight is 1460 g/mol. The van der Waals surface area contributed by atoms with Gasteiger partial charge in [0.05, 0.1) is 45.0 Å². The van der Waals surface area contributed by atoms with Crippen LogP contribution in [0.4, 0.5) is 0 Å². The fourth-order valence-corrected chi connectivity index (χ4v) is 14.1. The summed E-state index contributed by atoms with van der Waals surface area (Å²) in [5.74, 6) is 4.56. The van der Waals surface area contributed by atoms with Crippen LogP contribution in [0.3, 0.4) is 0 Å². The van der Waals surface area contributed by atoms with Gasteiger partial charge in [-0.3, -0.25) is 0 Å².